The lowest BCUT2D eigenvalue weighted by Crippen LogP contribution is -2.31. The van der Waals surface area contributed by atoms with Crippen LogP contribution >= 0.6 is 11.6 Å². The lowest BCUT2D eigenvalue weighted by Gasteiger charge is -2.17. The van der Waals surface area contributed by atoms with Gasteiger partial charge in [-0.25, -0.2) is 0 Å². The molecule has 186 valence electrons. The van der Waals surface area contributed by atoms with Crippen LogP contribution in [0.5, 0.6) is 5.75 Å². The Balaban J connectivity index is 1.14. The minimum Gasteiger partial charge on any atom is -0.496 e. The van der Waals surface area contributed by atoms with Gasteiger partial charge in [-0.05, 0) is 56.5 Å². The van der Waals surface area contributed by atoms with Crippen molar-refractivity contribution in [3.63, 3.8) is 0 Å². The van der Waals surface area contributed by atoms with E-state index in [0.717, 1.165) is 45.3 Å². The SMILES string of the molecule is COc1cc(N)c(Cl)cc1C(=O)NCC1CCN(CCCCCN2C(=O)c3ccccc3C2=O)C1. The standard InChI is InChI=1S/C26H31ClN4O4/c1-35-23-14-22(28)21(27)13-20(23)24(32)29-15-17-9-12-30(16-17)10-5-2-6-11-31-25(33)18-7-3-4-8-19(18)26(31)34/h3-4,7-8,13-14,17H,2,5-6,9-12,15-16,28H2,1H3,(H,29,32). The van der Waals surface area contributed by atoms with Gasteiger partial charge in [-0.15, -0.1) is 0 Å². The fourth-order valence-corrected chi connectivity index (χ4v) is 4.92. The fourth-order valence-electron chi connectivity index (χ4n) is 4.75. The highest BCUT2D eigenvalue weighted by Crippen LogP contribution is 2.29. The Labute approximate surface area is 210 Å². The van der Waals surface area contributed by atoms with Gasteiger partial charge in [0.2, 0.25) is 0 Å². The number of hydrogen-bond donors (Lipinski definition) is 2. The maximum absolute atomic E-state index is 12.6. The third-order valence-corrected chi connectivity index (χ3v) is 7.05. The summed E-state index contributed by atoms with van der Waals surface area (Å²) >= 11 is 6.07. The number of unbranched alkanes of at least 4 members (excludes halogenated alkanes) is 2. The van der Waals surface area contributed by atoms with E-state index in [9.17, 15) is 14.4 Å². The molecule has 3 amide bonds. The second-order valence-electron chi connectivity index (χ2n) is 9.11. The quantitative estimate of drug-likeness (QED) is 0.295. The molecule has 3 N–H and O–H groups in total. The van der Waals surface area contributed by atoms with Gasteiger partial charge in [0.05, 0.1) is 34.5 Å². The van der Waals surface area contributed by atoms with Gasteiger partial charge in [0.25, 0.3) is 17.7 Å². The van der Waals surface area contributed by atoms with Gasteiger partial charge in [0, 0.05) is 25.7 Å². The Morgan fingerprint density at radius 2 is 1.80 bits per heavy atom. The van der Waals surface area contributed by atoms with Crippen LogP contribution in [0.15, 0.2) is 36.4 Å². The maximum Gasteiger partial charge on any atom is 0.261 e. The predicted octanol–water partition coefficient (Wildman–Crippen LogP) is 3.45. The molecular formula is C26H31ClN4O4. The molecule has 2 aromatic carbocycles. The molecule has 1 saturated heterocycles. The lowest BCUT2D eigenvalue weighted by molar-refractivity contribution is 0.0651. The van der Waals surface area contributed by atoms with Gasteiger partial charge >= 0.3 is 0 Å². The Morgan fingerprint density at radius 3 is 2.49 bits per heavy atom. The number of imide groups is 1. The van der Waals surface area contributed by atoms with E-state index in [4.69, 9.17) is 22.1 Å². The molecule has 0 bridgehead atoms. The molecular weight excluding hydrogens is 468 g/mol. The number of amides is 3. The van der Waals surface area contributed by atoms with E-state index in [1.54, 1.807) is 30.3 Å². The number of halogens is 1. The van der Waals surface area contributed by atoms with Crippen LogP contribution in [-0.4, -0.2) is 67.4 Å². The van der Waals surface area contributed by atoms with E-state index in [0.29, 0.717) is 52.2 Å². The summed E-state index contributed by atoms with van der Waals surface area (Å²) in [7, 11) is 1.49. The summed E-state index contributed by atoms with van der Waals surface area (Å²) in [6, 6.07) is 10.1. The van der Waals surface area contributed by atoms with Crippen molar-refractivity contribution in [1.82, 2.24) is 15.1 Å². The largest absolute Gasteiger partial charge is 0.496 e. The van der Waals surface area contributed by atoms with Crippen molar-refractivity contribution in [3.05, 3.63) is 58.1 Å². The molecule has 0 spiro atoms. The van der Waals surface area contributed by atoms with Gasteiger partial charge in [0.15, 0.2) is 0 Å². The molecule has 0 aromatic heterocycles. The molecule has 0 aliphatic carbocycles. The minimum absolute atomic E-state index is 0.186. The zero-order chi connectivity index (χ0) is 24.9. The molecule has 1 unspecified atom stereocenters. The number of anilines is 1. The first-order valence-corrected chi connectivity index (χ1v) is 12.4. The molecule has 2 aliphatic heterocycles. The molecule has 2 aromatic rings. The van der Waals surface area contributed by atoms with Crippen molar-refractivity contribution < 1.29 is 19.1 Å². The van der Waals surface area contributed by atoms with E-state index in [2.05, 4.69) is 10.2 Å². The summed E-state index contributed by atoms with van der Waals surface area (Å²) in [5.41, 5.74) is 7.55. The Kier molecular flexibility index (Phi) is 7.93. The number of nitrogen functional groups attached to an aromatic ring is 1. The summed E-state index contributed by atoms with van der Waals surface area (Å²) in [4.78, 5) is 41.3. The number of carbonyl (C=O) groups excluding carboxylic acids is 3. The molecule has 1 atom stereocenters. The van der Waals surface area contributed by atoms with Crippen LogP contribution in [0.2, 0.25) is 5.02 Å². The van der Waals surface area contributed by atoms with Crippen molar-refractivity contribution in [2.45, 2.75) is 25.7 Å². The van der Waals surface area contributed by atoms with Crippen LogP contribution in [0.4, 0.5) is 5.69 Å². The summed E-state index contributed by atoms with van der Waals surface area (Å²) in [5.74, 6) is 0.185. The number of nitrogens with one attached hydrogen (secondary N) is 1. The Bertz CT molecular complexity index is 1090. The highest BCUT2D eigenvalue weighted by Gasteiger charge is 2.34. The van der Waals surface area contributed by atoms with Gasteiger partial charge in [-0.1, -0.05) is 30.2 Å². The first-order chi connectivity index (χ1) is 16.9. The number of carbonyl (C=O) groups is 3. The molecule has 8 nitrogen and oxygen atoms in total. The number of hydrogen-bond acceptors (Lipinski definition) is 6. The zero-order valence-corrected chi connectivity index (χ0v) is 20.6. The molecule has 0 saturated carbocycles. The number of nitrogens with two attached hydrogens (primary N) is 1. The first-order valence-electron chi connectivity index (χ1n) is 12.0. The van der Waals surface area contributed by atoms with Crippen LogP contribution in [0, 0.1) is 5.92 Å². The van der Waals surface area contributed by atoms with Crippen LogP contribution < -0.4 is 15.8 Å². The monoisotopic (exact) mass is 498 g/mol. The number of nitrogens with zero attached hydrogens (tertiary/aromatic N) is 2. The topological polar surface area (TPSA) is 105 Å². The average molecular weight is 499 g/mol. The number of ether oxygens (including phenoxy) is 1. The summed E-state index contributed by atoms with van der Waals surface area (Å²) in [6.07, 6.45) is 3.77. The maximum atomic E-state index is 12.6. The lowest BCUT2D eigenvalue weighted by atomic mass is 10.1. The van der Waals surface area contributed by atoms with E-state index in [1.165, 1.54) is 18.1 Å². The average Bonchev–Trinajstić information content (AvgIpc) is 3.41. The van der Waals surface area contributed by atoms with Crippen molar-refractivity contribution >= 4 is 35.0 Å². The van der Waals surface area contributed by atoms with Gasteiger partial charge in [-0.2, -0.15) is 0 Å². The van der Waals surface area contributed by atoms with Crippen LogP contribution in [0.25, 0.3) is 0 Å². The molecule has 1 fully saturated rings. The third kappa shape index (κ3) is 5.60. The predicted molar refractivity (Wildman–Crippen MR) is 135 cm³/mol. The molecule has 2 aliphatic rings. The van der Waals surface area contributed by atoms with Crippen LogP contribution in [0.3, 0.4) is 0 Å². The van der Waals surface area contributed by atoms with Gasteiger partial charge < -0.3 is 20.7 Å². The molecule has 9 heteroatoms. The van der Waals surface area contributed by atoms with Crippen LogP contribution in [-0.2, 0) is 0 Å². The summed E-state index contributed by atoms with van der Waals surface area (Å²) < 4.78 is 5.27. The number of rotatable bonds is 10. The second kappa shape index (κ2) is 11.1. The van der Waals surface area contributed by atoms with E-state index >= 15 is 0 Å². The van der Waals surface area contributed by atoms with Gasteiger partial charge in [0.1, 0.15) is 5.75 Å². The minimum atomic E-state index is -0.227. The van der Waals surface area contributed by atoms with Crippen molar-refractivity contribution in [2.75, 3.05) is 45.6 Å². The number of likely N-dealkylation sites (tertiary alicyclic amines) is 1. The summed E-state index contributed by atoms with van der Waals surface area (Å²) in [5, 5.41) is 3.32. The highest BCUT2D eigenvalue weighted by molar-refractivity contribution is 6.33. The molecule has 2 heterocycles. The van der Waals surface area contributed by atoms with E-state index < -0.39 is 0 Å². The van der Waals surface area contributed by atoms with Crippen LogP contribution in [0.1, 0.15) is 56.8 Å². The Morgan fingerprint density at radius 1 is 1.11 bits per heavy atom. The first kappa shape index (κ1) is 25.0. The third-order valence-electron chi connectivity index (χ3n) is 6.72. The van der Waals surface area contributed by atoms with E-state index in [1.807, 2.05) is 0 Å². The van der Waals surface area contributed by atoms with Crippen molar-refractivity contribution in [2.24, 2.45) is 5.92 Å². The van der Waals surface area contributed by atoms with Gasteiger partial charge in [-0.3, -0.25) is 19.3 Å². The molecule has 0 radical (unpaired) electrons. The smallest absolute Gasteiger partial charge is 0.261 e. The second-order valence-corrected chi connectivity index (χ2v) is 9.51. The zero-order valence-electron chi connectivity index (χ0n) is 19.9. The Hall–Kier alpha value is -3.10. The summed E-state index contributed by atoms with van der Waals surface area (Å²) in [6.45, 7) is 3.93. The normalized spacial score (nSPS) is 17.7. The molecule has 35 heavy (non-hydrogen) atoms. The fraction of sp³-hybridized carbons (Fsp3) is 0.423. The van der Waals surface area contributed by atoms with E-state index in [-0.39, 0.29) is 17.7 Å². The number of benzene rings is 2. The van der Waals surface area contributed by atoms with Crippen molar-refractivity contribution in [1.29, 1.82) is 0 Å². The highest BCUT2D eigenvalue weighted by atomic mass is 35.5. The number of fused-ring (bicyclic) bond motifs is 1. The molecule has 4 rings (SSSR count). The van der Waals surface area contributed by atoms with Crippen molar-refractivity contribution in [3.8, 4) is 5.75 Å². The number of methoxy groups -OCH3 is 1.